The van der Waals surface area contributed by atoms with Crippen molar-refractivity contribution < 1.29 is 4.79 Å². The summed E-state index contributed by atoms with van der Waals surface area (Å²) in [7, 11) is 0. The van der Waals surface area contributed by atoms with Crippen LogP contribution in [0, 0.1) is 5.41 Å². The summed E-state index contributed by atoms with van der Waals surface area (Å²) in [5, 5.41) is 0. The quantitative estimate of drug-likeness (QED) is 0.698. The first kappa shape index (κ1) is 13.0. The van der Waals surface area contributed by atoms with E-state index in [0.717, 1.165) is 6.42 Å². The monoisotopic (exact) mass is 264 g/mol. The first-order valence-electron chi connectivity index (χ1n) is 4.77. The molecule has 0 aliphatic carbocycles. The summed E-state index contributed by atoms with van der Waals surface area (Å²) in [6, 6.07) is 1.65. The van der Waals surface area contributed by atoms with E-state index in [1.165, 1.54) is 11.3 Å². The molecule has 1 aromatic rings. The van der Waals surface area contributed by atoms with Gasteiger partial charge in [-0.05, 0) is 17.9 Å². The lowest BCUT2D eigenvalue weighted by atomic mass is 9.89. The highest BCUT2D eigenvalue weighted by molar-refractivity contribution is 7.20. The van der Waals surface area contributed by atoms with Crippen LogP contribution in [0.1, 0.15) is 44.0 Å². The van der Waals surface area contributed by atoms with Gasteiger partial charge in [-0.25, -0.2) is 0 Å². The van der Waals surface area contributed by atoms with E-state index >= 15 is 0 Å². The third-order valence-electron chi connectivity index (χ3n) is 2.06. The second kappa shape index (κ2) is 4.86. The van der Waals surface area contributed by atoms with Crippen molar-refractivity contribution in [3.8, 4) is 0 Å². The number of halogens is 2. The first-order chi connectivity index (χ1) is 6.79. The molecule has 0 bridgehead atoms. The summed E-state index contributed by atoms with van der Waals surface area (Å²) in [4.78, 5) is 11.8. The van der Waals surface area contributed by atoms with E-state index in [1.54, 1.807) is 6.07 Å². The summed E-state index contributed by atoms with van der Waals surface area (Å²) < 4.78 is 1.07. The van der Waals surface area contributed by atoms with Crippen molar-refractivity contribution in [1.82, 2.24) is 0 Å². The smallest absolute Gasteiger partial charge is 0.165 e. The van der Waals surface area contributed by atoms with Crippen molar-refractivity contribution in [2.24, 2.45) is 5.41 Å². The molecule has 1 rings (SSSR count). The molecule has 0 amide bonds. The van der Waals surface area contributed by atoms with E-state index in [4.69, 9.17) is 23.2 Å². The van der Waals surface area contributed by atoms with Crippen LogP contribution in [0.4, 0.5) is 0 Å². The van der Waals surface area contributed by atoms with Gasteiger partial charge in [0.2, 0.25) is 0 Å². The summed E-state index contributed by atoms with van der Waals surface area (Å²) >= 11 is 12.9. The Labute approximate surface area is 104 Å². The summed E-state index contributed by atoms with van der Waals surface area (Å²) in [6.07, 6.45) is 1.38. The highest BCUT2D eigenvalue weighted by Gasteiger charge is 2.17. The fourth-order valence-electron chi connectivity index (χ4n) is 1.15. The second-order valence-electron chi connectivity index (χ2n) is 4.72. The normalized spacial score (nSPS) is 11.8. The molecule has 84 valence electrons. The number of hydrogen-bond acceptors (Lipinski definition) is 2. The van der Waals surface area contributed by atoms with Gasteiger partial charge < -0.3 is 0 Å². The Balaban J connectivity index is 2.66. The van der Waals surface area contributed by atoms with Gasteiger partial charge in [0.25, 0.3) is 0 Å². The molecule has 0 unspecified atom stereocenters. The molecule has 15 heavy (non-hydrogen) atoms. The minimum absolute atomic E-state index is 0.0816. The van der Waals surface area contributed by atoms with Crippen LogP contribution < -0.4 is 0 Å². The van der Waals surface area contributed by atoms with Crippen molar-refractivity contribution in [3.63, 3.8) is 0 Å². The van der Waals surface area contributed by atoms with Crippen molar-refractivity contribution in [2.45, 2.75) is 33.6 Å². The Kier molecular flexibility index (Phi) is 4.21. The number of hydrogen-bond donors (Lipinski definition) is 0. The van der Waals surface area contributed by atoms with E-state index in [1.807, 2.05) is 0 Å². The van der Waals surface area contributed by atoms with Crippen molar-refractivity contribution >= 4 is 40.3 Å². The van der Waals surface area contributed by atoms with E-state index in [9.17, 15) is 4.79 Å². The lowest BCUT2D eigenvalue weighted by Crippen LogP contribution is -2.08. The molecule has 1 heterocycles. The average molecular weight is 265 g/mol. The molecule has 0 aliphatic heterocycles. The third kappa shape index (κ3) is 4.13. The summed E-state index contributed by atoms with van der Waals surface area (Å²) in [6.45, 7) is 6.34. The molecule has 0 N–H and O–H groups in total. The van der Waals surface area contributed by atoms with Crippen LogP contribution in [-0.4, -0.2) is 5.78 Å². The van der Waals surface area contributed by atoms with Crippen molar-refractivity contribution in [1.29, 1.82) is 0 Å². The highest BCUT2D eigenvalue weighted by atomic mass is 35.5. The van der Waals surface area contributed by atoms with Crippen LogP contribution >= 0.6 is 34.5 Å². The fraction of sp³-hybridized carbons (Fsp3) is 0.545. The van der Waals surface area contributed by atoms with Crippen LogP contribution in [0.2, 0.25) is 8.67 Å². The molecular formula is C11H14Cl2OS. The van der Waals surface area contributed by atoms with Gasteiger partial charge in [-0.3, -0.25) is 4.79 Å². The van der Waals surface area contributed by atoms with Crippen LogP contribution in [0.25, 0.3) is 0 Å². The van der Waals surface area contributed by atoms with Crippen LogP contribution in [0.15, 0.2) is 6.07 Å². The van der Waals surface area contributed by atoms with Gasteiger partial charge in [-0.2, -0.15) is 0 Å². The molecule has 0 atom stereocenters. The van der Waals surface area contributed by atoms with Gasteiger partial charge in [0.15, 0.2) is 5.78 Å². The molecule has 1 nitrogen and oxygen atoms in total. The minimum atomic E-state index is 0.0816. The Morgan fingerprint density at radius 1 is 1.40 bits per heavy atom. The topological polar surface area (TPSA) is 17.1 Å². The number of ketones is 1. The molecule has 1 aromatic heterocycles. The second-order valence-corrected chi connectivity index (χ2v) is 7.01. The fourth-order valence-corrected chi connectivity index (χ4v) is 2.65. The number of rotatable bonds is 3. The van der Waals surface area contributed by atoms with Gasteiger partial charge in [-0.1, -0.05) is 44.0 Å². The van der Waals surface area contributed by atoms with Crippen LogP contribution in [-0.2, 0) is 0 Å². The summed E-state index contributed by atoms with van der Waals surface area (Å²) in [5.74, 6) is 0.0816. The van der Waals surface area contributed by atoms with Gasteiger partial charge >= 0.3 is 0 Å². The number of thiophene rings is 1. The Bertz CT molecular complexity index is 363. The van der Waals surface area contributed by atoms with Gasteiger partial charge in [0.05, 0.1) is 4.34 Å². The minimum Gasteiger partial charge on any atom is -0.294 e. The van der Waals surface area contributed by atoms with E-state index in [-0.39, 0.29) is 11.2 Å². The highest BCUT2D eigenvalue weighted by Crippen LogP contribution is 2.33. The zero-order valence-electron chi connectivity index (χ0n) is 9.06. The van der Waals surface area contributed by atoms with Crippen LogP contribution in [0.5, 0.6) is 0 Å². The van der Waals surface area contributed by atoms with Gasteiger partial charge in [0, 0.05) is 12.0 Å². The van der Waals surface area contributed by atoms with E-state index in [2.05, 4.69) is 20.8 Å². The number of carbonyl (C=O) groups is 1. The van der Waals surface area contributed by atoms with Crippen molar-refractivity contribution in [3.05, 3.63) is 20.3 Å². The molecular weight excluding hydrogens is 251 g/mol. The standard InChI is InChI=1S/C11H14Cl2OS/c1-11(2,3)5-4-8(14)7-6-9(12)15-10(7)13/h6H,4-5H2,1-3H3. The molecule has 0 radical (unpaired) electrons. The zero-order chi connectivity index (χ0) is 11.6. The van der Waals surface area contributed by atoms with Crippen molar-refractivity contribution in [2.75, 3.05) is 0 Å². The molecule has 0 aromatic carbocycles. The predicted octanol–water partition coefficient (Wildman–Crippen LogP) is 5.06. The largest absolute Gasteiger partial charge is 0.294 e. The number of carbonyl (C=O) groups excluding carboxylic acids is 1. The number of Topliss-reactive ketones (excluding diaryl/α,β-unsaturated/α-hetero) is 1. The van der Waals surface area contributed by atoms with Crippen LogP contribution in [0.3, 0.4) is 0 Å². The summed E-state index contributed by atoms with van der Waals surface area (Å²) in [5.41, 5.74) is 0.734. The molecule has 0 fully saturated rings. The Hall–Kier alpha value is -0.0500. The average Bonchev–Trinajstić information content (AvgIpc) is 2.40. The molecule has 4 heteroatoms. The Morgan fingerprint density at radius 3 is 2.40 bits per heavy atom. The lowest BCUT2D eigenvalue weighted by Gasteiger charge is -2.16. The van der Waals surface area contributed by atoms with E-state index in [0.29, 0.717) is 20.7 Å². The van der Waals surface area contributed by atoms with E-state index < -0.39 is 0 Å². The lowest BCUT2D eigenvalue weighted by molar-refractivity contribution is 0.0966. The maximum atomic E-state index is 11.8. The molecule has 0 saturated heterocycles. The third-order valence-corrected chi connectivity index (χ3v) is 3.55. The first-order valence-corrected chi connectivity index (χ1v) is 6.35. The predicted molar refractivity (Wildman–Crippen MR) is 67.4 cm³/mol. The Morgan fingerprint density at radius 2 is 2.00 bits per heavy atom. The SMILES string of the molecule is CC(C)(C)CCC(=O)c1cc(Cl)sc1Cl. The zero-order valence-corrected chi connectivity index (χ0v) is 11.4. The molecule has 0 aliphatic rings. The molecule has 0 spiro atoms. The van der Waals surface area contributed by atoms with Gasteiger partial charge in [-0.15, -0.1) is 11.3 Å². The molecule has 0 saturated carbocycles. The maximum Gasteiger partial charge on any atom is 0.165 e. The maximum absolute atomic E-state index is 11.8. The van der Waals surface area contributed by atoms with Gasteiger partial charge in [0.1, 0.15) is 4.34 Å².